The summed E-state index contributed by atoms with van der Waals surface area (Å²) < 4.78 is 34.1. The summed E-state index contributed by atoms with van der Waals surface area (Å²) in [4.78, 5) is 24.7. The molecule has 8 nitrogen and oxygen atoms in total. The third kappa shape index (κ3) is 5.44. The first-order chi connectivity index (χ1) is 16.4. The molecule has 0 aliphatic carbocycles. The standard InChI is InChI=1S/C25H25N3O5S/c1-33-20-10-7-17(8-11-20)16-26-25(30)24(18-5-3-2-4-6-18)28-34(31,32)21-12-13-22-19(15-21)9-14-23(29)27-22/h2-8,10-13,15,24,28H,9,14,16H2,1H3,(H,26,30)(H,27,29). The van der Waals surface area contributed by atoms with Crippen LogP contribution in [0.5, 0.6) is 5.75 Å². The highest BCUT2D eigenvalue weighted by Crippen LogP contribution is 2.26. The molecule has 0 radical (unpaired) electrons. The highest BCUT2D eigenvalue weighted by molar-refractivity contribution is 7.89. The van der Waals surface area contributed by atoms with Crippen LogP contribution in [0.1, 0.15) is 29.2 Å². The zero-order valence-corrected chi connectivity index (χ0v) is 19.4. The first-order valence-corrected chi connectivity index (χ1v) is 12.2. The minimum Gasteiger partial charge on any atom is -0.497 e. The van der Waals surface area contributed by atoms with Crippen molar-refractivity contribution in [3.8, 4) is 5.75 Å². The number of nitrogens with one attached hydrogen (secondary N) is 3. The van der Waals surface area contributed by atoms with Gasteiger partial charge in [0.1, 0.15) is 11.8 Å². The SMILES string of the molecule is COc1ccc(CNC(=O)C(NS(=O)(=O)c2ccc3c(c2)CCC(=O)N3)c2ccccc2)cc1. The summed E-state index contributed by atoms with van der Waals surface area (Å²) in [6.07, 6.45) is 0.749. The molecule has 1 unspecified atom stereocenters. The Morgan fingerprint density at radius 1 is 1.03 bits per heavy atom. The molecular formula is C25H25N3O5S. The monoisotopic (exact) mass is 479 g/mol. The van der Waals surface area contributed by atoms with Gasteiger partial charge < -0.3 is 15.4 Å². The van der Waals surface area contributed by atoms with Crippen molar-refractivity contribution >= 4 is 27.5 Å². The average molecular weight is 480 g/mol. The summed E-state index contributed by atoms with van der Waals surface area (Å²) in [6, 6.07) is 19.3. The number of aryl methyl sites for hydroxylation is 1. The molecule has 0 bridgehead atoms. The molecule has 1 atom stereocenters. The van der Waals surface area contributed by atoms with Crippen molar-refractivity contribution in [2.24, 2.45) is 0 Å². The van der Waals surface area contributed by atoms with Crippen LogP contribution in [0.4, 0.5) is 5.69 Å². The topological polar surface area (TPSA) is 114 Å². The van der Waals surface area contributed by atoms with Crippen LogP contribution >= 0.6 is 0 Å². The van der Waals surface area contributed by atoms with Crippen LogP contribution in [0.15, 0.2) is 77.7 Å². The smallest absolute Gasteiger partial charge is 0.243 e. The molecule has 0 spiro atoms. The van der Waals surface area contributed by atoms with Crippen LogP contribution < -0.4 is 20.1 Å². The molecule has 1 aliphatic rings. The van der Waals surface area contributed by atoms with Gasteiger partial charge >= 0.3 is 0 Å². The number of fused-ring (bicyclic) bond motifs is 1. The van der Waals surface area contributed by atoms with Gasteiger partial charge in [-0.2, -0.15) is 4.72 Å². The maximum atomic E-state index is 13.2. The highest BCUT2D eigenvalue weighted by atomic mass is 32.2. The number of methoxy groups -OCH3 is 1. The van der Waals surface area contributed by atoms with Gasteiger partial charge in [0, 0.05) is 18.7 Å². The second-order valence-corrected chi connectivity index (χ2v) is 9.61. The van der Waals surface area contributed by atoms with Crippen LogP contribution in [-0.4, -0.2) is 27.3 Å². The summed E-state index contributed by atoms with van der Waals surface area (Å²) >= 11 is 0. The van der Waals surface area contributed by atoms with Gasteiger partial charge in [0.05, 0.1) is 12.0 Å². The van der Waals surface area contributed by atoms with E-state index in [1.807, 2.05) is 12.1 Å². The first kappa shape index (κ1) is 23.5. The molecule has 1 aliphatic heterocycles. The van der Waals surface area contributed by atoms with E-state index in [-0.39, 0.29) is 17.3 Å². The van der Waals surface area contributed by atoms with E-state index in [4.69, 9.17) is 4.74 Å². The molecule has 4 rings (SSSR count). The van der Waals surface area contributed by atoms with Crippen LogP contribution in [0.25, 0.3) is 0 Å². The Balaban J connectivity index is 1.55. The van der Waals surface area contributed by atoms with Crippen molar-refractivity contribution in [1.82, 2.24) is 10.0 Å². The van der Waals surface area contributed by atoms with Crippen molar-refractivity contribution in [3.05, 3.63) is 89.5 Å². The quantitative estimate of drug-likeness (QED) is 0.460. The van der Waals surface area contributed by atoms with Gasteiger partial charge in [-0.15, -0.1) is 0 Å². The molecule has 2 amide bonds. The summed E-state index contributed by atoms with van der Waals surface area (Å²) in [5, 5.41) is 5.55. The average Bonchev–Trinajstić information content (AvgIpc) is 2.86. The molecule has 0 saturated heterocycles. The van der Waals surface area contributed by atoms with Gasteiger partial charge in [0.25, 0.3) is 0 Å². The van der Waals surface area contributed by atoms with Crippen LogP contribution in [0.3, 0.4) is 0 Å². The number of carbonyl (C=O) groups is 2. The predicted octanol–water partition coefficient (Wildman–Crippen LogP) is 2.92. The Hall–Kier alpha value is -3.69. The molecule has 176 valence electrons. The molecule has 34 heavy (non-hydrogen) atoms. The van der Waals surface area contributed by atoms with E-state index in [9.17, 15) is 18.0 Å². The molecule has 3 aromatic carbocycles. The Morgan fingerprint density at radius 2 is 1.76 bits per heavy atom. The number of carbonyl (C=O) groups excluding carboxylic acids is 2. The molecule has 0 saturated carbocycles. The first-order valence-electron chi connectivity index (χ1n) is 10.8. The summed E-state index contributed by atoms with van der Waals surface area (Å²) in [5.74, 6) is 0.129. The van der Waals surface area contributed by atoms with E-state index in [0.717, 1.165) is 11.1 Å². The van der Waals surface area contributed by atoms with Gasteiger partial charge in [-0.25, -0.2) is 8.42 Å². The van der Waals surface area contributed by atoms with Gasteiger partial charge in [0.2, 0.25) is 21.8 Å². The molecule has 1 heterocycles. The lowest BCUT2D eigenvalue weighted by Crippen LogP contribution is -2.40. The zero-order valence-electron chi connectivity index (χ0n) is 18.6. The lowest BCUT2D eigenvalue weighted by molar-refractivity contribution is -0.123. The minimum absolute atomic E-state index is 0.0336. The number of hydrogen-bond acceptors (Lipinski definition) is 5. The zero-order chi connectivity index (χ0) is 24.1. The fourth-order valence-corrected chi connectivity index (χ4v) is 4.94. The van der Waals surface area contributed by atoms with E-state index in [1.165, 1.54) is 12.1 Å². The fourth-order valence-electron chi connectivity index (χ4n) is 3.70. The Bertz CT molecular complexity index is 1290. The van der Waals surface area contributed by atoms with Crippen LogP contribution in [0, 0.1) is 0 Å². The fraction of sp³-hybridized carbons (Fsp3) is 0.200. The third-order valence-corrected chi connectivity index (χ3v) is 7.00. The number of rotatable bonds is 8. The van der Waals surface area contributed by atoms with Crippen molar-refractivity contribution in [1.29, 1.82) is 0 Å². The summed E-state index contributed by atoms with van der Waals surface area (Å²) in [5.41, 5.74) is 2.71. The van der Waals surface area contributed by atoms with Crippen molar-refractivity contribution < 1.29 is 22.7 Å². The number of ether oxygens (including phenoxy) is 1. The number of anilines is 1. The van der Waals surface area contributed by atoms with Gasteiger partial charge in [-0.1, -0.05) is 42.5 Å². The van der Waals surface area contributed by atoms with Gasteiger partial charge in [-0.3, -0.25) is 9.59 Å². The predicted molar refractivity (Wildman–Crippen MR) is 128 cm³/mol. The molecule has 3 N–H and O–H groups in total. The van der Waals surface area contributed by atoms with Gasteiger partial charge in [0.15, 0.2) is 0 Å². The van der Waals surface area contributed by atoms with E-state index in [0.29, 0.717) is 29.8 Å². The molecule has 0 aromatic heterocycles. The van der Waals surface area contributed by atoms with Crippen molar-refractivity contribution in [2.75, 3.05) is 12.4 Å². The van der Waals surface area contributed by atoms with Crippen molar-refractivity contribution in [3.63, 3.8) is 0 Å². The summed E-state index contributed by atoms with van der Waals surface area (Å²) in [7, 11) is -2.46. The maximum absolute atomic E-state index is 13.2. The van der Waals surface area contributed by atoms with E-state index in [2.05, 4.69) is 15.4 Å². The van der Waals surface area contributed by atoms with Crippen LogP contribution in [0.2, 0.25) is 0 Å². The highest BCUT2D eigenvalue weighted by Gasteiger charge is 2.28. The van der Waals surface area contributed by atoms with E-state index in [1.54, 1.807) is 55.6 Å². The number of benzene rings is 3. The third-order valence-electron chi connectivity index (χ3n) is 5.58. The Morgan fingerprint density at radius 3 is 2.47 bits per heavy atom. The second-order valence-electron chi connectivity index (χ2n) is 7.90. The number of amides is 2. The Kier molecular flexibility index (Phi) is 6.95. The molecule has 0 fully saturated rings. The lowest BCUT2D eigenvalue weighted by atomic mass is 10.0. The largest absolute Gasteiger partial charge is 0.497 e. The van der Waals surface area contributed by atoms with E-state index >= 15 is 0 Å². The Labute approximate surface area is 198 Å². The maximum Gasteiger partial charge on any atom is 0.243 e. The summed E-state index contributed by atoms with van der Waals surface area (Å²) in [6.45, 7) is 0.229. The lowest BCUT2D eigenvalue weighted by Gasteiger charge is -2.21. The number of sulfonamides is 1. The minimum atomic E-state index is -4.03. The number of hydrogen-bond donors (Lipinski definition) is 3. The second kappa shape index (κ2) is 10.1. The van der Waals surface area contributed by atoms with Gasteiger partial charge in [-0.05, 0) is 53.4 Å². The molecular weight excluding hydrogens is 454 g/mol. The molecule has 9 heteroatoms. The normalized spacial score (nSPS) is 14.0. The van der Waals surface area contributed by atoms with Crippen LogP contribution in [-0.2, 0) is 32.6 Å². The van der Waals surface area contributed by atoms with Crippen molar-refractivity contribution in [2.45, 2.75) is 30.3 Å². The molecule has 3 aromatic rings. The van der Waals surface area contributed by atoms with E-state index < -0.39 is 22.0 Å².